The summed E-state index contributed by atoms with van der Waals surface area (Å²) in [6.45, 7) is 0. The van der Waals surface area contributed by atoms with Crippen LogP contribution in [0.1, 0.15) is 0 Å². The molecular formula is C54H39N. The van der Waals surface area contributed by atoms with Gasteiger partial charge < -0.3 is 4.90 Å². The van der Waals surface area contributed by atoms with Crippen LogP contribution in [-0.2, 0) is 0 Å². The molecule has 1 heteroatoms. The van der Waals surface area contributed by atoms with Crippen molar-refractivity contribution in [1.82, 2.24) is 0 Å². The van der Waals surface area contributed by atoms with Crippen molar-refractivity contribution < 1.29 is 0 Å². The van der Waals surface area contributed by atoms with Crippen molar-refractivity contribution in [3.63, 3.8) is 0 Å². The van der Waals surface area contributed by atoms with Crippen LogP contribution in [0.4, 0.5) is 17.1 Å². The lowest BCUT2D eigenvalue weighted by molar-refractivity contribution is 1.28. The van der Waals surface area contributed by atoms with E-state index in [1.54, 1.807) is 0 Å². The van der Waals surface area contributed by atoms with Gasteiger partial charge in [-0.3, -0.25) is 0 Å². The molecule has 0 bridgehead atoms. The van der Waals surface area contributed by atoms with Gasteiger partial charge in [-0.25, -0.2) is 0 Å². The standard InChI is InChI=1S/C54H39N/c1-5-15-40(16-6-1)42-25-32-48(33-26-42)55(49-34-27-45(28-35-49)52-24-14-13-23-51(52)43-19-9-3-10-20-43)50-36-29-46(30-37-50)54-39-47(41-17-7-2-8-18-41)31-38-53(54)44-21-11-4-12-22-44/h1-39H. The summed E-state index contributed by atoms with van der Waals surface area (Å²) in [7, 11) is 0. The normalized spacial score (nSPS) is 10.9. The lowest BCUT2D eigenvalue weighted by Crippen LogP contribution is -2.09. The summed E-state index contributed by atoms with van der Waals surface area (Å²) in [5, 5.41) is 0. The second-order valence-electron chi connectivity index (χ2n) is 13.7. The first-order valence-corrected chi connectivity index (χ1v) is 18.8. The van der Waals surface area contributed by atoms with Gasteiger partial charge in [0.25, 0.3) is 0 Å². The zero-order valence-corrected chi connectivity index (χ0v) is 30.5. The largest absolute Gasteiger partial charge is 0.311 e. The van der Waals surface area contributed by atoms with Gasteiger partial charge in [-0.05, 0) is 109 Å². The number of hydrogen-bond acceptors (Lipinski definition) is 1. The second-order valence-corrected chi connectivity index (χ2v) is 13.7. The lowest BCUT2D eigenvalue weighted by atomic mass is 9.91. The molecule has 0 aromatic heterocycles. The third kappa shape index (κ3) is 7.12. The van der Waals surface area contributed by atoms with Crippen LogP contribution >= 0.6 is 0 Å². The fourth-order valence-corrected chi connectivity index (χ4v) is 7.53. The van der Waals surface area contributed by atoms with Crippen LogP contribution in [0.25, 0.3) is 66.8 Å². The third-order valence-electron chi connectivity index (χ3n) is 10.3. The Morgan fingerprint density at radius 3 is 0.891 bits per heavy atom. The van der Waals surface area contributed by atoms with Crippen molar-refractivity contribution in [3.8, 4) is 66.8 Å². The Morgan fingerprint density at radius 1 is 0.182 bits per heavy atom. The fraction of sp³-hybridized carbons (Fsp3) is 0. The summed E-state index contributed by atoms with van der Waals surface area (Å²) < 4.78 is 0. The van der Waals surface area contributed by atoms with E-state index < -0.39 is 0 Å². The second kappa shape index (κ2) is 15.4. The molecule has 0 atom stereocenters. The van der Waals surface area contributed by atoms with Crippen molar-refractivity contribution >= 4 is 17.1 Å². The van der Waals surface area contributed by atoms with E-state index in [0.29, 0.717) is 0 Å². The predicted molar refractivity (Wildman–Crippen MR) is 234 cm³/mol. The number of hydrogen-bond donors (Lipinski definition) is 0. The van der Waals surface area contributed by atoms with Gasteiger partial charge in [0.05, 0.1) is 0 Å². The maximum atomic E-state index is 2.35. The highest BCUT2D eigenvalue weighted by atomic mass is 15.1. The maximum Gasteiger partial charge on any atom is 0.0462 e. The first kappa shape index (κ1) is 33.6. The molecule has 9 aromatic rings. The van der Waals surface area contributed by atoms with E-state index in [1.165, 1.54) is 66.8 Å². The molecule has 0 fully saturated rings. The molecule has 0 heterocycles. The topological polar surface area (TPSA) is 3.24 Å². The molecule has 1 nitrogen and oxygen atoms in total. The first-order valence-electron chi connectivity index (χ1n) is 18.8. The van der Waals surface area contributed by atoms with Crippen LogP contribution in [0.15, 0.2) is 237 Å². The number of benzene rings is 9. The van der Waals surface area contributed by atoms with E-state index >= 15 is 0 Å². The molecule has 0 saturated heterocycles. The minimum atomic E-state index is 1.09. The van der Waals surface area contributed by atoms with E-state index in [2.05, 4.69) is 241 Å². The highest BCUT2D eigenvalue weighted by Gasteiger charge is 2.16. The van der Waals surface area contributed by atoms with Gasteiger partial charge in [0.15, 0.2) is 0 Å². The molecule has 260 valence electrons. The molecule has 0 N–H and O–H groups in total. The van der Waals surface area contributed by atoms with Gasteiger partial charge >= 0.3 is 0 Å². The van der Waals surface area contributed by atoms with Crippen LogP contribution in [0.3, 0.4) is 0 Å². The summed E-state index contributed by atoms with van der Waals surface area (Å²) in [4.78, 5) is 2.35. The highest BCUT2D eigenvalue weighted by Crippen LogP contribution is 2.41. The van der Waals surface area contributed by atoms with E-state index in [0.717, 1.165) is 17.1 Å². The molecule has 0 spiro atoms. The summed E-state index contributed by atoms with van der Waals surface area (Å²) in [5.74, 6) is 0. The molecular weight excluding hydrogens is 663 g/mol. The first-order chi connectivity index (χ1) is 27.3. The molecule has 0 saturated carbocycles. The molecule has 0 radical (unpaired) electrons. The van der Waals surface area contributed by atoms with E-state index in [1.807, 2.05) is 0 Å². The number of nitrogens with zero attached hydrogens (tertiary/aromatic N) is 1. The minimum Gasteiger partial charge on any atom is -0.311 e. The molecule has 0 aliphatic rings. The van der Waals surface area contributed by atoms with Gasteiger partial charge in [0.2, 0.25) is 0 Å². The number of rotatable bonds is 9. The Kier molecular flexibility index (Phi) is 9.41. The Bertz CT molecular complexity index is 2630. The van der Waals surface area contributed by atoms with Crippen LogP contribution in [0, 0.1) is 0 Å². The summed E-state index contributed by atoms with van der Waals surface area (Å²) in [6, 6.07) is 84.9. The highest BCUT2D eigenvalue weighted by molar-refractivity contribution is 5.89. The van der Waals surface area contributed by atoms with Crippen molar-refractivity contribution in [2.45, 2.75) is 0 Å². The fourth-order valence-electron chi connectivity index (χ4n) is 7.53. The van der Waals surface area contributed by atoms with Crippen LogP contribution in [-0.4, -0.2) is 0 Å². The van der Waals surface area contributed by atoms with E-state index in [4.69, 9.17) is 0 Å². The quantitative estimate of drug-likeness (QED) is 0.145. The van der Waals surface area contributed by atoms with Crippen molar-refractivity contribution in [2.75, 3.05) is 4.90 Å². The molecule has 9 rings (SSSR count). The minimum absolute atomic E-state index is 1.09. The Hall–Kier alpha value is -7.22. The maximum absolute atomic E-state index is 2.35. The molecule has 55 heavy (non-hydrogen) atoms. The third-order valence-corrected chi connectivity index (χ3v) is 10.3. The SMILES string of the molecule is c1ccc(-c2ccc(N(c3ccc(-c4ccccc4-c4ccccc4)cc3)c3ccc(-c4cc(-c5ccccc5)ccc4-c4ccccc4)cc3)cc2)cc1. The van der Waals surface area contributed by atoms with Gasteiger partial charge in [-0.1, -0.05) is 194 Å². The molecule has 0 aliphatic heterocycles. The Balaban J connectivity index is 1.12. The summed E-state index contributed by atoms with van der Waals surface area (Å²) in [6.07, 6.45) is 0. The van der Waals surface area contributed by atoms with Gasteiger partial charge in [-0.2, -0.15) is 0 Å². The average molecular weight is 702 g/mol. The summed E-state index contributed by atoms with van der Waals surface area (Å²) in [5.41, 5.74) is 17.7. The average Bonchev–Trinajstić information content (AvgIpc) is 3.28. The predicted octanol–water partition coefficient (Wildman–Crippen LogP) is 15.2. The lowest BCUT2D eigenvalue weighted by Gasteiger charge is -2.26. The van der Waals surface area contributed by atoms with Crippen molar-refractivity contribution in [3.05, 3.63) is 237 Å². The zero-order chi connectivity index (χ0) is 36.8. The van der Waals surface area contributed by atoms with Gasteiger partial charge in [0.1, 0.15) is 0 Å². The van der Waals surface area contributed by atoms with Gasteiger partial charge in [0, 0.05) is 17.1 Å². The summed E-state index contributed by atoms with van der Waals surface area (Å²) >= 11 is 0. The Morgan fingerprint density at radius 2 is 0.455 bits per heavy atom. The van der Waals surface area contributed by atoms with Crippen molar-refractivity contribution in [2.24, 2.45) is 0 Å². The zero-order valence-electron chi connectivity index (χ0n) is 30.5. The number of anilines is 3. The van der Waals surface area contributed by atoms with Crippen molar-refractivity contribution in [1.29, 1.82) is 0 Å². The monoisotopic (exact) mass is 701 g/mol. The molecule has 0 amide bonds. The van der Waals surface area contributed by atoms with E-state index in [9.17, 15) is 0 Å². The smallest absolute Gasteiger partial charge is 0.0462 e. The van der Waals surface area contributed by atoms with Crippen LogP contribution in [0.5, 0.6) is 0 Å². The molecule has 9 aromatic carbocycles. The van der Waals surface area contributed by atoms with Crippen LogP contribution in [0.2, 0.25) is 0 Å². The molecule has 0 unspecified atom stereocenters. The van der Waals surface area contributed by atoms with E-state index in [-0.39, 0.29) is 0 Å². The molecule has 0 aliphatic carbocycles. The van der Waals surface area contributed by atoms with Crippen LogP contribution < -0.4 is 4.90 Å². The van der Waals surface area contributed by atoms with Gasteiger partial charge in [-0.15, -0.1) is 0 Å². The Labute approximate surface area is 324 Å².